The van der Waals surface area contributed by atoms with E-state index >= 15 is 0 Å². The van der Waals surface area contributed by atoms with Crippen LogP contribution in [0, 0.1) is 0 Å². The Hall–Kier alpha value is -0.170. The maximum absolute atomic E-state index is 11.8. The van der Waals surface area contributed by atoms with Crippen molar-refractivity contribution in [1.82, 2.24) is 4.72 Å². The molecule has 0 aromatic rings. The first-order chi connectivity index (χ1) is 7.57. The van der Waals surface area contributed by atoms with Crippen molar-refractivity contribution in [1.29, 1.82) is 0 Å². The van der Waals surface area contributed by atoms with Crippen LogP contribution in [0.3, 0.4) is 0 Å². The van der Waals surface area contributed by atoms with E-state index < -0.39 is 10.0 Å². The Morgan fingerprint density at radius 2 is 2.31 bits per heavy atom. The predicted molar refractivity (Wildman–Crippen MR) is 63.6 cm³/mol. The molecular weight excluding hydrogens is 228 g/mol. The zero-order valence-corrected chi connectivity index (χ0v) is 10.6. The second-order valence-electron chi connectivity index (χ2n) is 4.22. The molecule has 1 rings (SSSR count). The summed E-state index contributed by atoms with van der Waals surface area (Å²) in [4.78, 5) is 0. The van der Waals surface area contributed by atoms with Gasteiger partial charge in [-0.25, -0.2) is 13.1 Å². The van der Waals surface area contributed by atoms with E-state index in [1.54, 1.807) is 0 Å². The zero-order chi connectivity index (χ0) is 12.0. The third-order valence-electron chi connectivity index (χ3n) is 2.78. The van der Waals surface area contributed by atoms with Crippen molar-refractivity contribution in [3.63, 3.8) is 0 Å². The molecule has 0 spiro atoms. The molecule has 0 aromatic carbocycles. The van der Waals surface area contributed by atoms with Gasteiger partial charge in [0, 0.05) is 12.6 Å². The van der Waals surface area contributed by atoms with Gasteiger partial charge in [0.25, 0.3) is 0 Å². The van der Waals surface area contributed by atoms with Crippen LogP contribution in [0.1, 0.15) is 32.6 Å². The number of hydrogen-bond acceptors (Lipinski definition) is 4. The van der Waals surface area contributed by atoms with E-state index in [9.17, 15) is 8.42 Å². The van der Waals surface area contributed by atoms with Crippen LogP contribution in [-0.2, 0) is 14.8 Å². The van der Waals surface area contributed by atoms with Crippen molar-refractivity contribution in [2.75, 3.05) is 18.9 Å². The standard InChI is InChI=1S/C10H22N2O3S/c1-2-9(5-6-11)12-16(13,14)8-10-4-3-7-15-10/h9-10,12H,2-8,11H2,1H3. The molecule has 2 unspecified atom stereocenters. The molecule has 5 nitrogen and oxygen atoms in total. The quantitative estimate of drug-likeness (QED) is 0.677. The minimum atomic E-state index is -3.23. The first-order valence-corrected chi connectivity index (χ1v) is 7.54. The average Bonchev–Trinajstić information content (AvgIpc) is 2.68. The first-order valence-electron chi connectivity index (χ1n) is 5.89. The SMILES string of the molecule is CCC(CCN)NS(=O)(=O)CC1CCCO1. The fourth-order valence-corrected chi connectivity index (χ4v) is 3.51. The lowest BCUT2D eigenvalue weighted by Crippen LogP contribution is -2.39. The molecule has 6 heteroatoms. The number of nitrogens with one attached hydrogen (secondary N) is 1. The highest BCUT2D eigenvalue weighted by Gasteiger charge is 2.24. The first kappa shape index (κ1) is 13.9. The van der Waals surface area contributed by atoms with E-state index in [0.717, 1.165) is 19.3 Å². The molecule has 0 radical (unpaired) electrons. The highest BCUT2D eigenvalue weighted by atomic mass is 32.2. The summed E-state index contributed by atoms with van der Waals surface area (Å²) < 4.78 is 31.6. The number of ether oxygens (including phenoxy) is 1. The molecule has 0 amide bonds. The van der Waals surface area contributed by atoms with Crippen LogP contribution in [-0.4, -0.2) is 39.5 Å². The van der Waals surface area contributed by atoms with Gasteiger partial charge in [0.15, 0.2) is 0 Å². The van der Waals surface area contributed by atoms with Gasteiger partial charge in [-0.3, -0.25) is 0 Å². The van der Waals surface area contributed by atoms with Crippen LogP contribution in [0.5, 0.6) is 0 Å². The number of rotatable bonds is 7. The highest BCUT2D eigenvalue weighted by molar-refractivity contribution is 7.89. The summed E-state index contributed by atoms with van der Waals surface area (Å²) in [6.45, 7) is 3.13. The van der Waals surface area contributed by atoms with Gasteiger partial charge in [-0.05, 0) is 32.2 Å². The molecule has 0 aliphatic carbocycles. The molecule has 0 bridgehead atoms. The lowest BCUT2D eigenvalue weighted by atomic mass is 10.2. The lowest BCUT2D eigenvalue weighted by Gasteiger charge is -2.17. The van der Waals surface area contributed by atoms with Crippen LogP contribution >= 0.6 is 0 Å². The normalized spacial score (nSPS) is 23.5. The Kier molecular flexibility index (Phi) is 5.68. The Morgan fingerprint density at radius 3 is 2.81 bits per heavy atom. The van der Waals surface area contributed by atoms with Crippen molar-refractivity contribution in [3.05, 3.63) is 0 Å². The summed E-state index contributed by atoms with van der Waals surface area (Å²) in [5.41, 5.74) is 5.43. The van der Waals surface area contributed by atoms with Crippen molar-refractivity contribution in [2.45, 2.75) is 44.8 Å². The van der Waals surface area contributed by atoms with Gasteiger partial charge >= 0.3 is 0 Å². The summed E-state index contributed by atoms with van der Waals surface area (Å²) in [6.07, 6.45) is 3.12. The third kappa shape index (κ3) is 4.78. The van der Waals surface area contributed by atoms with E-state index in [2.05, 4.69) is 4.72 Å². The van der Waals surface area contributed by atoms with Crippen molar-refractivity contribution >= 4 is 10.0 Å². The van der Waals surface area contributed by atoms with Crippen LogP contribution in [0.2, 0.25) is 0 Å². The maximum Gasteiger partial charge on any atom is 0.214 e. The van der Waals surface area contributed by atoms with Gasteiger partial charge in [-0.1, -0.05) is 6.92 Å². The zero-order valence-electron chi connectivity index (χ0n) is 9.81. The molecule has 96 valence electrons. The summed E-state index contributed by atoms with van der Waals surface area (Å²) >= 11 is 0. The second-order valence-corrected chi connectivity index (χ2v) is 6.02. The maximum atomic E-state index is 11.8. The molecular formula is C10H22N2O3S. The molecule has 1 saturated heterocycles. The van der Waals surface area contributed by atoms with Gasteiger partial charge in [0.1, 0.15) is 0 Å². The fourth-order valence-electron chi connectivity index (χ4n) is 1.87. The smallest absolute Gasteiger partial charge is 0.214 e. The molecule has 16 heavy (non-hydrogen) atoms. The van der Waals surface area contributed by atoms with Gasteiger partial charge in [0.05, 0.1) is 11.9 Å². The molecule has 1 aliphatic rings. The summed E-state index contributed by atoms with van der Waals surface area (Å²) in [7, 11) is -3.23. The van der Waals surface area contributed by atoms with Crippen LogP contribution < -0.4 is 10.5 Å². The van der Waals surface area contributed by atoms with Crippen LogP contribution in [0.25, 0.3) is 0 Å². The Bertz CT molecular complexity index is 286. The van der Waals surface area contributed by atoms with Gasteiger partial charge in [-0.2, -0.15) is 0 Å². The third-order valence-corrected chi connectivity index (χ3v) is 4.29. The average molecular weight is 250 g/mol. The van der Waals surface area contributed by atoms with E-state index in [0.29, 0.717) is 19.6 Å². The van der Waals surface area contributed by atoms with Crippen LogP contribution in [0.4, 0.5) is 0 Å². The largest absolute Gasteiger partial charge is 0.377 e. The van der Waals surface area contributed by atoms with Crippen molar-refractivity contribution in [2.24, 2.45) is 5.73 Å². The number of hydrogen-bond donors (Lipinski definition) is 2. The topological polar surface area (TPSA) is 81.4 Å². The summed E-state index contributed by atoms with van der Waals surface area (Å²) in [6, 6.07) is -0.0450. The number of nitrogens with two attached hydrogens (primary N) is 1. The summed E-state index contributed by atoms with van der Waals surface area (Å²) in [5.74, 6) is 0.0775. The number of sulfonamides is 1. The van der Waals surface area contributed by atoms with Crippen molar-refractivity contribution in [3.8, 4) is 0 Å². The molecule has 0 saturated carbocycles. The van der Waals surface area contributed by atoms with Gasteiger partial charge in [0.2, 0.25) is 10.0 Å². The second kappa shape index (κ2) is 6.54. The van der Waals surface area contributed by atoms with Crippen molar-refractivity contribution < 1.29 is 13.2 Å². The van der Waals surface area contributed by atoms with Gasteiger partial charge in [-0.15, -0.1) is 0 Å². The molecule has 1 fully saturated rings. The van der Waals surface area contributed by atoms with E-state index in [1.165, 1.54) is 0 Å². The van der Waals surface area contributed by atoms with E-state index in [4.69, 9.17) is 10.5 Å². The Balaban J connectivity index is 2.42. The Labute approximate surface area is 97.8 Å². The minimum Gasteiger partial charge on any atom is -0.377 e. The minimum absolute atomic E-state index is 0.0450. The van der Waals surface area contributed by atoms with E-state index in [1.807, 2.05) is 6.92 Å². The highest BCUT2D eigenvalue weighted by Crippen LogP contribution is 2.14. The molecule has 0 aromatic heterocycles. The van der Waals surface area contributed by atoms with Gasteiger partial charge < -0.3 is 10.5 Å². The lowest BCUT2D eigenvalue weighted by molar-refractivity contribution is 0.127. The molecule has 2 atom stereocenters. The molecule has 3 N–H and O–H groups in total. The van der Waals surface area contributed by atoms with E-state index in [-0.39, 0.29) is 17.9 Å². The van der Waals surface area contributed by atoms with Crippen LogP contribution in [0.15, 0.2) is 0 Å². The molecule has 1 heterocycles. The fraction of sp³-hybridized carbons (Fsp3) is 1.00. The molecule has 1 aliphatic heterocycles. The predicted octanol–water partition coefficient (Wildman–Crippen LogP) is 0.212. The summed E-state index contributed by atoms with van der Waals surface area (Å²) in [5, 5.41) is 0. The Morgan fingerprint density at radius 1 is 1.56 bits per heavy atom. The monoisotopic (exact) mass is 250 g/mol.